The highest BCUT2D eigenvalue weighted by Crippen LogP contribution is 2.38. The molecule has 0 spiro atoms. The van der Waals surface area contributed by atoms with Crippen molar-refractivity contribution in [2.45, 2.75) is 25.8 Å². The number of rotatable bonds is 1. The molecule has 4 rings (SSSR count). The van der Waals surface area contributed by atoms with Crippen molar-refractivity contribution in [3.8, 4) is 11.1 Å². The second-order valence-electron chi connectivity index (χ2n) is 6.39. The van der Waals surface area contributed by atoms with Gasteiger partial charge in [-0.2, -0.15) is 0 Å². The smallest absolute Gasteiger partial charge is 0.0409 e. The van der Waals surface area contributed by atoms with Gasteiger partial charge in [0.1, 0.15) is 0 Å². The zero-order valence-electron chi connectivity index (χ0n) is 12.9. The van der Waals surface area contributed by atoms with Crippen molar-refractivity contribution in [3.05, 3.63) is 52.5 Å². The van der Waals surface area contributed by atoms with Crippen molar-refractivity contribution in [1.82, 2.24) is 5.32 Å². The van der Waals surface area contributed by atoms with E-state index >= 15 is 0 Å². The summed E-state index contributed by atoms with van der Waals surface area (Å²) < 4.78 is 0. The van der Waals surface area contributed by atoms with Crippen molar-refractivity contribution in [2.24, 2.45) is 0 Å². The summed E-state index contributed by atoms with van der Waals surface area (Å²) in [7, 11) is 0. The summed E-state index contributed by atoms with van der Waals surface area (Å²) in [6.07, 6.45) is 2.43. The van der Waals surface area contributed by atoms with E-state index in [4.69, 9.17) is 11.6 Å². The maximum Gasteiger partial charge on any atom is 0.0409 e. The van der Waals surface area contributed by atoms with E-state index in [1.54, 1.807) is 0 Å². The van der Waals surface area contributed by atoms with Gasteiger partial charge in [0, 0.05) is 29.8 Å². The van der Waals surface area contributed by atoms with Gasteiger partial charge in [-0.3, -0.25) is 0 Å². The Labute approximate surface area is 137 Å². The molecule has 0 amide bonds. The molecule has 2 aromatic rings. The van der Waals surface area contributed by atoms with Gasteiger partial charge in [-0.1, -0.05) is 29.8 Å². The number of aryl methyl sites for hydroxylation is 1. The molecule has 2 aliphatic heterocycles. The number of halogens is 1. The second-order valence-corrected chi connectivity index (χ2v) is 6.83. The molecule has 1 atom stereocenters. The van der Waals surface area contributed by atoms with E-state index < -0.39 is 0 Å². The molecule has 1 unspecified atom stereocenters. The van der Waals surface area contributed by atoms with E-state index in [0.717, 1.165) is 24.7 Å². The van der Waals surface area contributed by atoms with Gasteiger partial charge in [0.2, 0.25) is 0 Å². The maximum atomic E-state index is 6.09. The van der Waals surface area contributed by atoms with E-state index in [1.807, 2.05) is 12.1 Å². The van der Waals surface area contributed by atoms with Crippen molar-refractivity contribution < 1.29 is 0 Å². The molecule has 0 bridgehead atoms. The first-order chi connectivity index (χ1) is 10.7. The molecule has 0 aromatic heterocycles. The fourth-order valence-corrected chi connectivity index (χ4v) is 4.06. The van der Waals surface area contributed by atoms with E-state index in [2.05, 4.69) is 41.4 Å². The minimum Gasteiger partial charge on any atom is -0.367 e. The molecular formula is C19H21ClN2. The topological polar surface area (TPSA) is 15.3 Å². The van der Waals surface area contributed by atoms with Crippen LogP contribution in [-0.2, 0) is 6.42 Å². The summed E-state index contributed by atoms with van der Waals surface area (Å²) >= 11 is 6.09. The zero-order chi connectivity index (χ0) is 15.1. The SMILES string of the molecule is Cc1cc(Cl)ccc1-c1ccc2c(c1)N1CCNCCC1C2. The highest BCUT2D eigenvalue weighted by Gasteiger charge is 2.30. The Kier molecular flexibility index (Phi) is 3.59. The first-order valence-corrected chi connectivity index (χ1v) is 8.47. The first-order valence-electron chi connectivity index (χ1n) is 8.09. The molecule has 1 fully saturated rings. The summed E-state index contributed by atoms with van der Waals surface area (Å²) in [5.74, 6) is 0. The molecule has 0 saturated carbocycles. The maximum absolute atomic E-state index is 6.09. The third-order valence-corrected chi connectivity index (χ3v) is 5.21. The lowest BCUT2D eigenvalue weighted by Gasteiger charge is -2.25. The van der Waals surface area contributed by atoms with Crippen LogP contribution in [0.25, 0.3) is 11.1 Å². The predicted octanol–water partition coefficient (Wildman–Crippen LogP) is 4.04. The Morgan fingerprint density at radius 1 is 1.14 bits per heavy atom. The van der Waals surface area contributed by atoms with Crippen LogP contribution in [0, 0.1) is 6.92 Å². The summed E-state index contributed by atoms with van der Waals surface area (Å²) in [5, 5.41) is 4.32. The van der Waals surface area contributed by atoms with Crippen LogP contribution in [0.2, 0.25) is 5.02 Å². The monoisotopic (exact) mass is 312 g/mol. The lowest BCUT2D eigenvalue weighted by molar-refractivity contribution is 0.612. The van der Waals surface area contributed by atoms with Crippen LogP contribution in [-0.4, -0.2) is 25.7 Å². The Morgan fingerprint density at radius 2 is 2.05 bits per heavy atom. The average molecular weight is 313 g/mol. The Bertz CT molecular complexity index is 711. The number of hydrogen-bond donors (Lipinski definition) is 1. The minimum absolute atomic E-state index is 0.673. The van der Waals surface area contributed by atoms with Crippen molar-refractivity contribution in [2.75, 3.05) is 24.5 Å². The van der Waals surface area contributed by atoms with Crippen LogP contribution in [0.3, 0.4) is 0 Å². The second kappa shape index (κ2) is 5.60. The fraction of sp³-hybridized carbons (Fsp3) is 0.368. The van der Waals surface area contributed by atoms with E-state index in [1.165, 1.54) is 40.8 Å². The minimum atomic E-state index is 0.673. The molecule has 22 heavy (non-hydrogen) atoms. The molecule has 2 nitrogen and oxygen atoms in total. The number of anilines is 1. The molecule has 2 heterocycles. The Balaban J connectivity index is 1.74. The summed E-state index contributed by atoms with van der Waals surface area (Å²) in [6, 6.07) is 13.8. The van der Waals surface area contributed by atoms with E-state index in [9.17, 15) is 0 Å². The lowest BCUT2D eigenvalue weighted by Crippen LogP contribution is -2.32. The molecule has 3 heteroatoms. The fourth-order valence-electron chi connectivity index (χ4n) is 3.84. The van der Waals surface area contributed by atoms with Gasteiger partial charge in [-0.15, -0.1) is 0 Å². The van der Waals surface area contributed by atoms with Gasteiger partial charge in [-0.05, 0) is 66.8 Å². The van der Waals surface area contributed by atoms with Crippen LogP contribution in [0.15, 0.2) is 36.4 Å². The number of fused-ring (bicyclic) bond motifs is 3. The number of hydrogen-bond acceptors (Lipinski definition) is 2. The molecule has 114 valence electrons. The number of nitrogens with zero attached hydrogens (tertiary/aromatic N) is 1. The number of benzene rings is 2. The Morgan fingerprint density at radius 3 is 2.91 bits per heavy atom. The summed E-state index contributed by atoms with van der Waals surface area (Å²) in [4.78, 5) is 2.60. The molecule has 0 aliphatic carbocycles. The predicted molar refractivity (Wildman–Crippen MR) is 93.9 cm³/mol. The van der Waals surface area contributed by atoms with Crippen molar-refractivity contribution >= 4 is 17.3 Å². The van der Waals surface area contributed by atoms with Crippen LogP contribution >= 0.6 is 11.6 Å². The quantitative estimate of drug-likeness (QED) is 0.855. The normalized spacial score (nSPS) is 20.5. The Hall–Kier alpha value is -1.51. The van der Waals surface area contributed by atoms with E-state index in [0.29, 0.717) is 6.04 Å². The zero-order valence-corrected chi connectivity index (χ0v) is 13.7. The molecule has 1 N–H and O–H groups in total. The summed E-state index contributed by atoms with van der Waals surface area (Å²) in [5.41, 5.74) is 6.75. The van der Waals surface area contributed by atoms with E-state index in [-0.39, 0.29) is 0 Å². The molecular weight excluding hydrogens is 292 g/mol. The van der Waals surface area contributed by atoms with Crippen LogP contribution in [0.1, 0.15) is 17.5 Å². The molecule has 2 aromatic carbocycles. The highest BCUT2D eigenvalue weighted by atomic mass is 35.5. The van der Waals surface area contributed by atoms with Crippen LogP contribution in [0.5, 0.6) is 0 Å². The van der Waals surface area contributed by atoms with Gasteiger partial charge < -0.3 is 10.2 Å². The summed E-state index contributed by atoms with van der Waals surface area (Å²) in [6.45, 7) is 5.46. The average Bonchev–Trinajstić information content (AvgIpc) is 2.68. The third-order valence-electron chi connectivity index (χ3n) is 4.97. The number of nitrogens with one attached hydrogen (secondary N) is 1. The van der Waals surface area contributed by atoms with Gasteiger partial charge in [0.05, 0.1) is 0 Å². The van der Waals surface area contributed by atoms with Gasteiger partial charge in [0.25, 0.3) is 0 Å². The largest absolute Gasteiger partial charge is 0.367 e. The molecule has 2 aliphatic rings. The highest BCUT2D eigenvalue weighted by molar-refractivity contribution is 6.30. The van der Waals surface area contributed by atoms with Crippen LogP contribution < -0.4 is 10.2 Å². The van der Waals surface area contributed by atoms with Crippen LogP contribution in [0.4, 0.5) is 5.69 Å². The van der Waals surface area contributed by atoms with Gasteiger partial charge in [0.15, 0.2) is 0 Å². The lowest BCUT2D eigenvalue weighted by atomic mass is 9.98. The first kappa shape index (κ1) is 14.1. The van der Waals surface area contributed by atoms with Crippen molar-refractivity contribution in [3.63, 3.8) is 0 Å². The standard InChI is InChI=1S/C19H21ClN2/c1-13-10-16(20)4-5-18(13)14-2-3-15-11-17-6-7-21-8-9-22(17)19(15)12-14/h2-5,10,12,17,21H,6-9,11H2,1H3. The van der Waals surface area contributed by atoms with Crippen molar-refractivity contribution in [1.29, 1.82) is 0 Å². The molecule has 0 radical (unpaired) electrons. The molecule has 1 saturated heterocycles. The van der Waals surface area contributed by atoms with Gasteiger partial charge >= 0.3 is 0 Å². The third kappa shape index (κ3) is 2.41. The van der Waals surface area contributed by atoms with Gasteiger partial charge in [-0.25, -0.2) is 0 Å².